The number of hydrogen-bond donors (Lipinski definition) is 0. The Labute approximate surface area is 142 Å². The number of fused-ring (bicyclic) bond motifs is 1. The molecule has 1 aliphatic heterocycles. The summed E-state index contributed by atoms with van der Waals surface area (Å²) in [5.41, 5.74) is 0.673. The third kappa shape index (κ3) is 2.84. The molecule has 0 radical (unpaired) electrons. The SMILES string of the molecule is Cn1c2c(c(=O)n(C)c1=O)C(COc1ccccc1Cl)=CCS2. The van der Waals surface area contributed by atoms with Crippen LogP contribution >= 0.6 is 23.4 Å². The maximum Gasteiger partial charge on any atom is 0.331 e. The fourth-order valence-electron chi connectivity index (χ4n) is 2.44. The zero-order chi connectivity index (χ0) is 16.6. The summed E-state index contributed by atoms with van der Waals surface area (Å²) in [5, 5.41) is 1.20. The first kappa shape index (κ1) is 16.0. The van der Waals surface area contributed by atoms with Gasteiger partial charge in [-0.1, -0.05) is 29.8 Å². The number of benzene rings is 1. The molecule has 0 N–H and O–H groups in total. The lowest BCUT2D eigenvalue weighted by atomic mass is 10.1. The van der Waals surface area contributed by atoms with Crippen molar-refractivity contribution < 1.29 is 4.74 Å². The van der Waals surface area contributed by atoms with Crippen molar-refractivity contribution >= 4 is 28.9 Å². The zero-order valence-electron chi connectivity index (χ0n) is 12.7. The van der Waals surface area contributed by atoms with Crippen molar-refractivity contribution in [2.45, 2.75) is 5.03 Å². The normalized spacial score (nSPS) is 13.4. The second-order valence-electron chi connectivity index (χ2n) is 5.15. The van der Waals surface area contributed by atoms with E-state index in [4.69, 9.17) is 16.3 Å². The van der Waals surface area contributed by atoms with Crippen LogP contribution in [-0.2, 0) is 14.1 Å². The van der Waals surface area contributed by atoms with Gasteiger partial charge in [0.15, 0.2) is 0 Å². The summed E-state index contributed by atoms with van der Waals surface area (Å²) in [6.07, 6.45) is 1.95. The number of ether oxygens (including phenoxy) is 1. The lowest BCUT2D eigenvalue weighted by molar-refractivity contribution is 0.369. The van der Waals surface area contributed by atoms with Gasteiger partial charge in [0.2, 0.25) is 0 Å². The second kappa shape index (κ2) is 6.29. The Balaban J connectivity index is 1.99. The van der Waals surface area contributed by atoms with E-state index in [1.54, 1.807) is 19.2 Å². The summed E-state index contributed by atoms with van der Waals surface area (Å²) in [7, 11) is 3.15. The van der Waals surface area contributed by atoms with Crippen molar-refractivity contribution in [1.82, 2.24) is 9.13 Å². The van der Waals surface area contributed by atoms with Crippen LogP contribution in [0.1, 0.15) is 5.56 Å². The molecule has 0 spiro atoms. The summed E-state index contributed by atoms with van der Waals surface area (Å²) in [5.74, 6) is 1.26. The fourth-order valence-corrected chi connectivity index (χ4v) is 3.71. The van der Waals surface area contributed by atoms with Crippen LogP contribution in [0.2, 0.25) is 5.02 Å². The third-order valence-electron chi connectivity index (χ3n) is 3.70. The quantitative estimate of drug-likeness (QED) is 0.797. The van der Waals surface area contributed by atoms with Crippen molar-refractivity contribution in [3.63, 3.8) is 0 Å². The topological polar surface area (TPSA) is 53.2 Å². The number of halogens is 1. The van der Waals surface area contributed by atoms with Crippen molar-refractivity contribution in [2.75, 3.05) is 12.4 Å². The average molecular weight is 351 g/mol. The molecular formula is C16H15ClN2O3S. The molecule has 0 fully saturated rings. The van der Waals surface area contributed by atoms with Crippen molar-refractivity contribution in [2.24, 2.45) is 14.1 Å². The smallest absolute Gasteiger partial charge is 0.331 e. The van der Waals surface area contributed by atoms with E-state index in [-0.39, 0.29) is 17.9 Å². The maximum absolute atomic E-state index is 12.5. The average Bonchev–Trinajstić information content (AvgIpc) is 2.57. The number of para-hydroxylation sites is 1. The minimum Gasteiger partial charge on any atom is -0.487 e. The first-order chi connectivity index (χ1) is 11.0. The molecule has 1 aromatic heterocycles. The van der Waals surface area contributed by atoms with Crippen LogP contribution in [0.25, 0.3) is 5.57 Å². The van der Waals surface area contributed by atoms with E-state index in [0.717, 1.165) is 10.1 Å². The molecule has 0 saturated heterocycles. The molecule has 3 rings (SSSR count). The van der Waals surface area contributed by atoms with Gasteiger partial charge in [-0.25, -0.2) is 4.79 Å². The highest BCUT2D eigenvalue weighted by Gasteiger charge is 2.22. The van der Waals surface area contributed by atoms with E-state index in [9.17, 15) is 9.59 Å². The van der Waals surface area contributed by atoms with Gasteiger partial charge in [0, 0.05) is 25.4 Å². The fraction of sp³-hybridized carbons (Fsp3) is 0.250. The Bertz CT molecular complexity index is 915. The van der Waals surface area contributed by atoms with Crippen LogP contribution in [0, 0.1) is 0 Å². The van der Waals surface area contributed by atoms with Crippen LogP contribution in [0.3, 0.4) is 0 Å². The summed E-state index contributed by atoms with van der Waals surface area (Å²) in [4.78, 5) is 24.5. The molecule has 120 valence electrons. The van der Waals surface area contributed by atoms with Crippen molar-refractivity contribution in [1.29, 1.82) is 0 Å². The Morgan fingerprint density at radius 3 is 2.70 bits per heavy atom. The van der Waals surface area contributed by atoms with Gasteiger partial charge in [-0.15, -0.1) is 11.8 Å². The standard InChI is InChI=1S/C16H15ClN2O3S/c1-18-14(20)13-10(7-8-23-15(13)19(2)16(18)21)9-22-12-6-4-3-5-11(12)17/h3-7H,8-9H2,1-2H3. The van der Waals surface area contributed by atoms with Crippen LogP contribution in [0.15, 0.2) is 45.0 Å². The molecule has 7 heteroatoms. The second-order valence-corrected chi connectivity index (χ2v) is 6.56. The van der Waals surface area contributed by atoms with E-state index < -0.39 is 0 Å². The van der Waals surface area contributed by atoms with Gasteiger partial charge < -0.3 is 4.74 Å². The van der Waals surface area contributed by atoms with E-state index in [1.807, 2.05) is 18.2 Å². The molecule has 0 amide bonds. The lowest BCUT2D eigenvalue weighted by Gasteiger charge is -2.20. The van der Waals surface area contributed by atoms with Gasteiger partial charge in [-0.05, 0) is 12.1 Å². The summed E-state index contributed by atoms with van der Waals surface area (Å²) < 4.78 is 8.38. The molecule has 1 aromatic carbocycles. The van der Waals surface area contributed by atoms with Crippen LogP contribution in [0.5, 0.6) is 5.75 Å². The monoisotopic (exact) mass is 350 g/mol. The number of hydrogen-bond acceptors (Lipinski definition) is 4. The van der Waals surface area contributed by atoms with E-state index in [1.165, 1.54) is 23.4 Å². The highest BCUT2D eigenvalue weighted by molar-refractivity contribution is 7.99. The summed E-state index contributed by atoms with van der Waals surface area (Å²) >= 11 is 7.56. The molecule has 1 aliphatic rings. The van der Waals surface area contributed by atoms with Gasteiger partial charge >= 0.3 is 5.69 Å². The largest absolute Gasteiger partial charge is 0.487 e. The molecule has 0 saturated carbocycles. The molecule has 2 aromatic rings. The van der Waals surface area contributed by atoms with Crippen molar-refractivity contribution in [3.05, 3.63) is 61.8 Å². The first-order valence-electron chi connectivity index (χ1n) is 7.00. The van der Waals surface area contributed by atoms with Crippen LogP contribution in [-0.4, -0.2) is 21.5 Å². The van der Waals surface area contributed by atoms with Crippen LogP contribution < -0.4 is 16.0 Å². The molecule has 0 atom stereocenters. The maximum atomic E-state index is 12.5. The van der Waals surface area contributed by atoms with Crippen LogP contribution in [0.4, 0.5) is 0 Å². The highest BCUT2D eigenvalue weighted by Crippen LogP contribution is 2.31. The summed E-state index contributed by atoms with van der Waals surface area (Å²) in [6.45, 7) is 0.227. The Morgan fingerprint density at radius 1 is 1.22 bits per heavy atom. The first-order valence-corrected chi connectivity index (χ1v) is 8.36. The molecular weight excluding hydrogens is 336 g/mol. The molecule has 0 aliphatic carbocycles. The predicted octanol–water partition coefficient (Wildman–Crippen LogP) is 2.31. The summed E-state index contributed by atoms with van der Waals surface area (Å²) in [6, 6.07) is 7.19. The van der Waals surface area contributed by atoms with Gasteiger partial charge in [0.1, 0.15) is 12.4 Å². The van der Waals surface area contributed by atoms with E-state index in [2.05, 4.69) is 0 Å². The van der Waals surface area contributed by atoms with Gasteiger partial charge in [0.25, 0.3) is 5.56 Å². The number of thioether (sulfide) groups is 1. The van der Waals surface area contributed by atoms with E-state index in [0.29, 0.717) is 27.1 Å². The Kier molecular flexibility index (Phi) is 4.37. The molecule has 0 bridgehead atoms. The molecule has 5 nitrogen and oxygen atoms in total. The van der Waals surface area contributed by atoms with Gasteiger partial charge in [-0.3, -0.25) is 13.9 Å². The lowest BCUT2D eigenvalue weighted by Crippen LogP contribution is -2.40. The number of aromatic nitrogens is 2. The molecule has 23 heavy (non-hydrogen) atoms. The minimum atomic E-state index is -0.325. The minimum absolute atomic E-state index is 0.227. The van der Waals surface area contributed by atoms with Crippen molar-refractivity contribution in [3.8, 4) is 5.75 Å². The third-order valence-corrected chi connectivity index (χ3v) is 5.10. The van der Waals surface area contributed by atoms with Gasteiger partial charge in [-0.2, -0.15) is 0 Å². The number of rotatable bonds is 3. The molecule has 2 heterocycles. The Hall–Kier alpha value is -1.92. The Morgan fingerprint density at radius 2 is 1.96 bits per heavy atom. The van der Waals surface area contributed by atoms with Gasteiger partial charge in [0.05, 0.1) is 15.6 Å². The zero-order valence-corrected chi connectivity index (χ0v) is 14.3. The molecule has 0 unspecified atom stereocenters. The van der Waals surface area contributed by atoms with E-state index >= 15 is 0 Å². The predicted molar refractivity (Wildman–Crippen MR) is 92.6 cm³/mol. The number of nitrogens with zero attached hydrogens (tertiary/aromatic N) is 2. The highest BCUT2D eigenvalue weighted by atomic mass is 35.5.